The highest BCUT2D eigenvalue weighted by Gasteiger charge is 2.55. The number of Topliss-reactive ketones (excluding diaryl/α,β-unsaturated/α-hetero) is 1. The highest BCUT2D eigenvalue weighted by Crippen LogP contribution is 2.39. The minimum absolute atomic E-state index is 0.335. The summed E-state index contributed by atoms with van der Waals surface area (Å²) in [5.74, 6) is -1.45. The predicted molar refractivity (Wildman–Crippen MR) is 109 cm³/mol. The quantitative estimate of drug-likeness (QED) is 0.463. The molecule has 1 aromatic heterocycles. The number of hydrogen-bond donors (Lipinski definition) is 1. The number of rotatable bonds is 5. The number of aromatic amines is 1. The Hall–Kier alpha value is -3.16. The van der Waals surface area contributed by atoms with Gasteiger partial charge in [0, 0.05) is 29.2 Å². The fourth-order valence-electron chi connectivity index (χ4n) is 4.70. The number of carbonyl (C=O) groups excluding carboxylic acids is 4. The Bertz CT molecular complexity index is 1030. The van der Waals surface area contributed by atoms with Gasteiger partial charge < -0.3 is 14.6 Å². The number of aryl methyl sites for hydroxylation is 1. The molecule has 0 atom stereocenters. The number of esters is 1. The first-order chi connectivity index (χ1) is 14.3. The number of likely N-dealkylation sites (N-methyl/N-ethyl adjacent to an activating group) is 1. The minimum atomic E-state index is -0.841. The number of fused-ring (bicyclic) bond motifs is 1. The van der Waals surface area contributed by atoms with E-state index in [0.717, 1.165) is 35.1 Å². The summed E-state index contributed by atoms with van der Waals surface area (Å²) in [5, 5.41) is 0.766. The van der Waals surface area contributed by atoms with E-state index in [-0.39, 0.29) is 11.7 Å². The maximum atomic E-state index is 12.9. The highest BCUT2D eigenvalue weighted by molar-refractivity contribution is 6.11. The lowest BCUT2D eigenvalue weighted by atomic mass is 9.81. The summed E-state index contributed by atoms with van der Waals surface area (Å²) in [6, 6.07) is 6.91. The fourth-order valence-corrected chi connectivity index (χ4v) is 4.70. The van der Waals surface area contributed by atoms with E-state index >= 15 is 0 Å². The second-order valence-electron chi connectivity index (χ2n) is 8.08. The molecule has 8 heteroatoms. The Morgan fingerprint density at radius 3 is 2.57 bits per heavy atom. The number of ketones is 1. The molecule has 158 valence electrons. The first-order valence-electron chi connectivity index (χ1n) is 10.2. The number of aromatic nitrogens is 1. The molecule has 30 heavy (non-hydrogen) atoms. The normalized spacial score (nSPS) is 18.5. The van der Waals surface area contributed by atoms with Crippen molar-refractivity contribution in [3.05, 3.63) is 35.5 Å². The number of carbonyl (C=O) groups is 4. The molecule has 1 aliphatic carbocycles. The van der Waals surface area contributed by atoms with Crippen LogP contribution >= 0.6 is 0 Å². The summed E-state index contributed by atoms with van der Waals surface area (Å²) in [7, 11) is 1.61. The number of benzene rings is 1. The molecule has 8 nitrogen and oxygen atoms in total. The van der Waals surface area contributed by atoms with Crippen molar-refractivity contribution in [2.75, 3.05) is 20.2 Å². The molecule has 1 aromatic carbocycles. The zero-order chi connectivity index (χ0) is 21.5. The third-order valence-electron chi connectivity index (χ3n) is 6.31. The third kappa shape index (κ3) is 3.16. The number of para-hydroxylation sites is 1. The minimum Gasteiger partial charge on any atom is -0.456 e. The second kappa shape index (κ2) is 7.59. The molecule has 3 amide bonds. The van der Waals surface area contributed by atoms with E-state index < -0.39 is 30.7 Å². The first kappa shape index (κ1) is 20.1. The van der Waals surface area contributed by atoms with E-state index in [1.165, 1.54) is 4.90 Å². The van der Waals surface area contributed by atoms with Gasteiger partial charge in [0.1, 0.15) is 12.1 Å². The Morgan fingerprint density at radius 1 is 1.13 bits per heavy atom. The van der Waals surface area contributed by atoms with Gasteiger partial charge in [-0.1, -0.05) is 37.5 Å². The van der Waals surface area contributed by atoms with Crippen LogP contribution in [-0.2, 0) is 14.3 Å². The molecule has 1 N–H and O–H groups in total. The van der Waals surface area contributed by atoms with Gasteiger partial charge in [-0.25, -0.2) is 4.79 Å². The number of imide groups is 1. The van der Waals surface area contributed by atoms with Crippen LogP contribution < -0.4 is 0 Å². The van der Waals surface area contributed by atoms with Gasteiger partial charge in [0.25, 0.3) is 5.91 Å². The molecular formula is C22H25N3O5. The largest absolute Gasteiger partial charge is 0.456 e. The molecule has 1 saturated heterocycles. The number of hydrogen-bond acceptors (Lipinski definition) is 5. The summed E-state index contributed by atoms with van der Waals surface area (Å²) in [5.41, 5.74) is 1.17. The van der Waals surface area contributed by atoms with E-state index in [2.05, 4.69) is 4.98 Å². The van der Waals surface area contributed by atoms with Crippen molar-refractivity contribution in [1.82, 2.24) is 14.8 Å². The monoisotopic (exact) mass is 411 g/mol. The van der Waals surface area contributed by atoms with Crippen LogP contribution in [0.25, 0.3) is 10.9 Å². The van der Waals surface area contributed by atoms with Gasteiger partial charge in [0.05, 0.1) is 0 Å². The molecule has 2 aliphatic rings. The summed E-state index contributed by atoms with van der Waals surface area (Å²) in [6.07, 6.45) is 4.00. The molecule has 1 aliphatic heterocycles. The van der Waals surface area contributed by atoms with Crippen molar-refractivity contribution in [3.63, 3.8) is 0 Å². The molecule has 0 unspecified atom stereocenters. The van der Waals surface area contributed by atoms with Crippen LogP contribution in [0.5, 0.6) is 0 Å². The van der Waals surface area contributed by atoms with Gasteiger partial charge >= 0.3 is 12.0 Å². The number of nitrogens with one attached hydrogen (secondary N) is 1. The molecule has 0 radical (unpaired) electrons. The first-order valence-corrected chi connectivity index (χ1v) is 10.2. The van der Waals surface area contributed by atoms with E-state index in [1.807, 2.05) is 24.3 Å². The van der Waals surface area contributed by atoms with Crippen molar-refractivity contribution in [2.24, 2.45) is 0 Å². The molecular weight excluding hydrogens is 386 g/mol. The van der Waals surface area contributed by atoms with E-state index in [4.69, 9.17) is 4.74 Å². The van der Waals surface area contributed by atoms with Crippen LogP contribution in [0.1, 0.15) is 48.2 Å². The van der Waals surface area contributed by atoms with Crippen molar-refractivity contribution < 1.29 is 23.9 Å². The lowest BCUT2D eigenvalue weighted by molar-refractivity contribution is -0.147. The fraction of sp³-hybridized carbons (Fsp3) is 0.455. The number of ether oxygens (including phenoxy) is 1. The Labute approximate surface area is 174 Å². The van der Waals surface area contributed by atoms with E-state index in [9.17, 15) is 19.2 Å². The van der Waals surface area contributed by atoms with Crippen LogP contribution in [0.3, 0.4) is 0 Å². The maximum Gasteiger partial charge on any atom is 0.327 e. The van der Waals surface area contributed by atoms with Gasteiger partial charge in [-0.3, -0.25) is 19.3 Å². The number of amides is 3. The molecule has 1 saturated carbocycles. The molecule has 2 heterocycles. The zero-order valence-electron chi connectivity index (χ0n) is 17.2. The lowest BCUT2D eigenvalue weighted by Gasteiger charge is -2.35. The van der Waals surface area contributed by atoms with Crippen molar-refractivity contribution in [2.45, 2.75) is 44.6 Å². The Morgan fingerprint density at radius 2 is 1.83 bits per heavy atom. The lowest BCUT2D eigenvalue weighted by Crippen LogP contribution is -2.49. The third-order valence-corrected chi connectivity index (χ3v) is 6.31. The van der Waals surface area contributed by atoms with Gasteiger partial charge in [-0.05, 0) is 25.8 Å². The Kier molecular flexibility index (Phi) is 5.09. The van der Waals surface area contributed by atoms with Crippen LogP contribution in [0, 0.1) is 6.92 Å². The topological polar surface area (TPSA) is 99.8 Å². The van der Waals surface area contributed by atoms with Gasteiger partial charge in [0.2, 0.25) is 5.78 Å². The predicted octanol–water partition coefficient (Wildman–Crippen LogP) is 2.80. The number of H-pyrrole nitrogens is 1. The summed E-state index contributed by atoms with van der Waals surface area (Å²) >= 11 is 0. The summed E-state index contributed by atoms with van der Waals surface area (Å²) in [4.78, 5) is 56.1. The van der Waals surface area contributed by atoms with E-state index in [1.54, 1.807) is 14.0 Å². The zero-order valence-corrected chi connectivity index (χ0v) is 17.2. The standard InChI is InChI=1S/C22H25N3O5/c1-14-19(15-8-4-5-9-16(15)23-14)17(26)13-30-18(27)12-25-20(28)22(24(2)21(25)29)10-6-3-7-11-22/h4-5,8-9,23H,3,6-7,10-13H2,1-2H3. The maximum absolute atomic E-state index is 12.9. The van der Waals surface area contributed by atoms with Crippen molar-refractivity contribution >= 4 is 34.6 Å². The molecule has 4 rings (SSSR count). The molecule has 2 fully saturated rings. The number of urea groups is 1. The van der Waals surface area contributed by atoms with Gasteiger partial charge in [-0.15, -0.1) is 0 Å². The van der Waals surface area contributed by atoms with Gasteiger partial charge in [-0.2, -0.15) is 0 Å². The smallest absolute Gasteiger partial charge is 0.327 e. The van der Waals surface area contributed by atoms with E-state index in [0.29, 0.717) is 24.1 Å². The van der Waals surface area contributed by atoms with Crippen LogP contribution in [0.15, 0.2) is 24.3 Å². The molecule has 0 bridgehead atoms. The Balaban J connectivity index is 1.41. The summed E-state index contributed by atoms with van der Waals surface area (Å²) < 4.78 is 5.13. The summed E-state index contributed by atoms with van der Waals surface area (Å²) in [6.45, 7) is 0.860. The molecule has 2 aromatic rings. The molecule has 1 spiro atoms. The SMILES string of the molecule is Cc1[nH]c2ccccc2c1C(=O)COC(=O)CN1C(=O)N(C)C2(CCCCC2)C1=O. The van der Waals surface area contributed by atoms with Crippen molar-refractivity contribution in [1.29, 1.82) is 0 Å². The highest BCUT2D eigenvalue weighted by atomic mass is 16.5. The van der Waals surface area contributed by atoms with Crippen LogP contribution in [0.2, 0.25) is 0 Å². The van der Waals surface area contributed by atoms with Crippen molar-refractivity contribution in [3.8, 4) is 0 Å². The average Bonchev–Trinajstić information content (AvgIpc) is 3.16. The van der Waals surface area contributed by atoms with Gasteiger partial charge in [0.15, 0.2) is 6.61 Å². The van der Waals surface area contributed by atoms with Crippen LogP contribution in [0.4, 0.5) is 4.79 Å². The average molecular weight is 411 g/mol. The second-order valence-corrected chi connectivity index (χ2v) is 8.08. The van der Waals surface area contributed by atoms with Crippen LogP contribution in [-0.4, -0.2) is 64.2 Å². The number of nitrogens with zero attached hydrogens (tertiary/aromatic N) is 2.